The van der Waals surface area contributed by atoms with Gasteiger partial charge >= 0.3 is 0 Å². The number of benzene rings is 1. The van der Waals surface area contributed by atoms with Crippen LogP contribution in [0, 0.1) is 28.6 Å². The first-order chi connectivity index (χ1) is 11.2. The van der Waals surface area contributed by atoms with E-state index in [0.717, 1.165) is 45.5 Å². The van der Waals surface area contributed by atoms with Crippen LogP contribution in [-0.4, -0.2) is 10.2 Å². The number of fused-ring (bicyclic) bond motifs is 1. The Kier molecular flexibility index (Phi) is 3.21. The summed E-state index contributed by atoms with van der Waals surface area (Å²) in [5.74, 6) is 1.04. The van der Waals surface area contributed by atoms with Crippen molar-refractivity contribution < 1.29 is 0 Å². The van der Waals surface area contributed by atoms with Crippen LogP contribution in [0.2, 0.25) is 0 Å². The average molecular weight is 366 g/mol. The summed E-state index contributed by atoms with van der Waals surface area (Å²) in [6.45, 7) is 0. The molecular formula is C17H12BrN5. The van der Waals surface area contributed by atoms with Crippen LogP contribution in [0.3, 0.4) is 0 Å². The summed E-state index contributed by atoms with van der Waals surface area (Å²) in [7, 11) is 0. The number of anilines is 1. The molecule has 23 heavy (non-hydrogen) atoms. The van der Waals surface area contributed by atoms with Crippen molar-refractivity contribution in [2.45, 2.75) is 18.8 Å². The van der Waals surface area contributed by atoms with Gasteiger partial charge < -0.3 is 5.32 Å². The first-order valence-electron chi connectivity index (χ1n) is 7.37. The van der Waals surface area contributed by atoms with Gasteiger partial charge in [-0.3, -0.25) is 5.10 Å². The van der Waals surface area contributed by atoms with E-state index in [9.17, 15) is 10.5 Å². The second kappa shape index (κ2) is 5.26. The molecule has 0 amide bonds. The molecule has 0 spiro atoms. The minimum Gasteiger partial charge on any atom is -0.343 e. The van der Waals surface area contributed by atoms with E-state index in [1.807, 2.05) is 12.1 Å². The molecule has 5 nitrogen and oxygen atoms in total. The van der Waals surface area contributed by atoms with E-state index in [1.54, 1.807) is 12.3 Å². The molecule has 1 fully saturated rings. The van der Waals surface area contributed by atoms with Crippen molar-refractivity contribution in [1.82, 2.24) is 10.2 Å². The Morgan fingerprint density at radius 1 is 1.17 bits per heavy atom. The van der Waals surface area contributed by atoms with Crippen LogP contribution in [0.25, 0.3) is 0 Å². The van der Waals surface area contributed by atoms with Crippen molar-refractivity contribution in [3.63, 3.8) is 0 Å². The molecular weight excluding hydrogens is 354 g/mol. The van der Waals surface area contributed by atoms with Gasteiger partial charge in [0, 0.05) is 21.7 Å². The van der Waals surface area contributed by atoms with Crippen LogP contribution < -0.4 is 5.32 Å². The minimum atomic E-state index is -0.215. The number of rotatable bonds is 2. The Balaban J connectivity index is 1.96. The molecule has 0 radical (unpaired) electrons. The third-order valence-electron chi connectivity index (χ3n) is 4.38. The highest BCUT2D eigenvalue weighted by Gasteiger charge is 2.38. The highest BCUT2D eigenvalue weighted by atomic mass is 79.9. The number of hydrogen-bond donors (Lipinski definition) is 2. The molecule has 2 N–H and O–H groups in total. The zero-order valence-electron chi connectivity index (χ0n) is 12.1. The zero-order valence-corrected chi connectivity index (χ0v) is 13.7. The number of aromatic nitrogens is 2. The van der Waals surface area contributed by atoms with Gasteiger partial charge in [-0.1, -0.05) is 12.1 Å². The number of halogens is 1. The highest BCUT2D eigenvalue weighted by molar-refractivity contribution is 9.10. The van der Waals surface area contributed by atoms with Gasteiger partial charge in [0.2, 0.25) is 0 Å². The summed E-state index contributed by atoms with van der Waals surface area (Å²) in [6, 6.07) is 10.2. The molecule has 1 aliphatic heterocycles. The largest absolute Gasteiger partial charge is 0.343 e. The van der Waals surface area contributed by atoms with Crippen LogP contribution in [0.15, 0.2) is 40.1 Å². The van der Waals surface area contributed by atoms with Gasteiger partial charge in [-0.25, -0.2) is 0 Å². The maximum Gasteiger partial charge on any atom is 0.129 e. The molecule has 1 saturated carbocycles. The van der Waals surface area contributed by atoms with E-state index >= 15 is 0 Å². The molecule has 1 aliphatic carbocycles. The maximum absolute atomic E-state index is 9.79. The molecule has 2 aromatic rings. The summed E-state index contributed by atoms with van der Waals surface area (Å²) in [5.41, 5.74) is 4.13. The Bertz CT molecular complexity index is 908. The predicted octanol–water partition coefficient (Wildman–Crippen LogP) is 3.79. The van der Waals surface area contributed by atoms with E-state index in [2.05, 4.69) is 43.6 Å². The lowest BCUT2D eigenvalue weighted by atomic mass is 9.82. The molecule has 1 aromatic carbocycles. The van der Waals surface area contributed by atoms with E-state index in [-0.39, 0.29) is 5.92 Å². The second-order valence-electron chi connectivity index (χ2n) is 5.79. The minimum absolute atomic E-state index is 0.215. The average Bonchev–Trinajstić information content (AvgIpc) is 3.31. The van der Waals surface area contributed by atoms with Gasteiger partial charge in [-0.2, -0.15) is 15.6 Å². The Labute approximate surface area is 141 Å². The fraction of sp³-hybridized carbons (Fsp3) is 0.235. The molecule has 0 bridgehead atoms. The number of aromatic amines is 1. The number of nitrogens with zero attached hydrogens (tertiary/aromatic N) is 3. The molecule has 1 atom stereocenters. The third-order valence-corrected chi connectivity index (χ3v) is 5.27. The van der Waals surface area contributed by atoms with E-state index in [0.29, 0.717) is 11.5 Å². The van der Waals surface area contributed by atoms with Crippen molar-refractivity contribution in [2.24, 2.45) is 5.92 Å². The molecule has 1 aromatic heterocycles. The monoisotopic (exact) mass is 365 g/mol. The summed E-state index contributed by atoms with van der Waals surface area (Å²) in [4.78, 5) is 0. The van der Waals surface area contributed by atoms with Crippen molar-refractivity contribution in [3.05, 3.63) is 56.8 Å². The quantitative estimate of drug-likeness (QED) is 0.847. The maximum atomic E-state index is 9.79. The lowest BCUT2D eigenvalue weighted by Crippen LogP contribution is -2.19. The topological polar surface area (TPSA) is 88.3 Å². The van der Waals surface area contributed by atoms with Crippen molar-refractivity contribution in [2.75, 3.05) is 5.32 Å². The normalized spacial score (nSPS) is 19.5. The van der Waals surface area contributed by atoms with Crippen molar-refractivity contribution in [3.8, 4) is 12.1 Å². The molecule has 2 aliphatic rings. The molecule has 0 saturated heterocycles. The van der Waals surface area contributed by atoms with Crippen LogP contribution >= 0.6 is 15.9 Å². The standard InChI is InChI=1S/C17H12BrN5/c18-15-10(6-19)2-1-3-11(15)14-12(7-20)16(9-4-5-9)22-17-13(14)8-21-23-17/h1-3,8-9,14H,4-5H2,(H2,21,22,23). The van der Waals surface area contributed by atoms with Gasteiger partial charge in [0.05, 0.1) is 29.3 Å². The Hall–Kier alpha value is -2.57. The van der Waals surface area contributed by atoms with E-state index in [1.165, 1.54) is 0 Å². The van der Waals surface area contributed by atoms with Gasteiger partial charge in [-0.15, -0.1) is 0 Å². The first-order valence-corrected chi connectivity index (χ1v) is 8.16. The van der Waals surface area contributed by atoms with Gasteiger partial charge in [0.1, 0.15) is 11.9 Å². The number of allylic oxidation sites excluding steroid dienone is 2. The van der Waals surface area contributed by atoms with E-state index < -0.39 is 0 Å². The third kappa shape index (κ3) is 2.15. The lowest BCUT2D eigenvalue weighted by Gasteiger charge is -2.27. The second-order valence-corrected chi connectivity index (χ2v) is 6.59. The molecule has 2 heterocycles. The van der Waals surface area contributed by atoms with Gasteiger partial charge in [0.25, 0.3) is 0 Å². The van der Waals surface area contributed by atoms with Crippen LogP contribution in [-0.2, 0) is 0 Å². The Morgan fingerprint density at radius 3 is 2.70 bits per heavy atom. The highest BCUT2D eigenvalue weighted by Crippen LogP contribution is 2.48. The lowest BCUT2D eigenvalue weighted by molar-refractivity contribution is 0.874. The van der Waals surface area contributed by atoms with Crippen LogP contribution in [0.1, 0.15) is 35.4 Å². The molecule has 4 rings (SSSR count). The van der Waals surface area contributed by atoms with Crippen molar-refractivity contribution in [1.29, 1.82) is 10.5 Å². The number of nitrogens with one attached hydrogen (secondary N) is 2. The number of hydrogen-bond acceptors (Lipinski definition) is 4. The fourth-order valence-corrected chi connectivity index (χ4v) is 3.71. The summed E-state index contributed by atoms with van der Waals surface area (Å²) >= 11 is 3.54. The number of nitriles is 2. The molecule has 6 heteroatoms. The zero-order chi connectivity index (χ0) is 16.0. The first kappa shape index (κ1) is 14.0. The van der Waals surface area contributed by atoms with Crippen LogP contribution in [0.5, 0.6) is 0 Å². The number of H-pyrrole nitrogens is 1. The fourth-order valence-electron chi connectivity index (χ4n) is 3.13. The summed E-state index contributed by atoms with van der Waals surface area (Å²) in [6.07, 6.45) is 3.95. The summed E-state index contributed by atoms with van der Waals surface area (Å²) in [5, 5.41) is 29.5. The van der Waals surface area contributed by atoms with E-state index in [4.69, 9.17) is 0 Å². The van der Waals surface area contributed by atoms with Crippen molar-refractivity contribution >= 4 is 21.7 Å². The molecule has 1 unspecified atom stereocenters. The molecule has 112 valence electrons. The smallest absolute Gasteiger partial charge is 0.129 e. The van der Waals surface area contributed by atoms with Gasteiger partial charge in [0.15, 0.2) is 0 Å². The predicted molar refractivity (Wildman–Crippen MR) is 88.3 cm³/mol. The summed E-state index contributed by atoms with van der Waals surface area (Å²) < 4.78 is 0.740. The SMILES string of the molecule is N#CC1=C(C2CC2)Nc2[nH]ncc2C1c1cccc(C#N)c1Br. The Morgan fingerprint density at radius 2 is 2.00 bits per heavy atom. The van der Waals surface area contributed by atoms with Gasteiger partial charge in [-0.05, 0) is 40.4 Å². The van der Waals surface area contributed by atoms with Crippen LogP contribution in [0.4, 0.5) is 5.82 Å².